The summed E-state index contributed by atoms with van der Waals surface area (Å²) >= 11 is 6.36. The molecule has 0 bridgehead atoms. The van der Waals surface area contributed by atoms with Crippen LogP contribution in [0.4, 0.5) is 5.69 Å². The number of halogens is 1. The molecule has 1 amide bonds. The molecule has 7 heteroatoms. The first kappa shape index (κ1) is 18.7. The molecule has 4 rings (SSSR count). The summed E-state index contributed by atoms with van der Waals surface area (Å²) in [5.74, 6) is -0.187. The van der Waals surface area contributed by atoms with Gasteiger partial charge in [-0.15, -0.1) is 0 Å². The zero-order valence-corrected chi connectivity index (χ0v) is 16.2. The first-order valence-corrected chi connectivity index (χ1v) is 9.27. The molecule has 29 heavy (non-hydrogen) atoms. The fourth-order valence-corrected chi connectivity index (χ4v) is 3.13. The number of carbonyl (C=O) groups is 1. The third kappa shape index (κ3) is 3.97. The van der Waals surface area contributed by atoms with Gasteiger partial charge >= 0.3 is 0 Å². The van der Waals surface area contributed by atoms with E-state index in [9.17, 15) is 9.90 Å². The van der Waals surface area contributed by atoms with E-state index in [1.807, 2.05) is 30.3 Å². The Kier molecular flexibility index (Phi) is 5.01. The van der Waals surface area contributed by atoms with Crippen molar-refractivity contribution in [1.29, 1.82) is 0 Å². The minimum Gasteiger partial charge on any atom is -0.493 e. The van der Waals surface area contributed by atoms with Crippen LogP contribution >= 0.6 is 11.6 Å². The van der Waals surface area contributed by atoms with E-state index in [0.717, 1.165) is 11.3 Å². The van der Waals surface area contributed by atoms with Crippen molar-refractivity contribution in [2.24, 2.45) is 0 Å². The molecule has 0 aliphatic rings. The third-order valence-corrected chi connectivity index (χ3v) is 4.73. The maximum absolute atomic E-state index is 12.5. The lowest BCUT2D eigenvalue weighted by molar-refractivity contribution is 0.102. The number of aromatic hydroxyl groups is 1. The molecule has 3 N–H and O–H groups in total. The molecular formula is C22H17ClN4O2. The number of imidazole rings is 1. The maximum Gasteiger partial charge on any atom is 0.261 e. The van der Waals surface area contributed by atoms with Gasteiger partial charge in [0.15, 0.2) is 0 Å². The third-order valence-electron chi connectivity index (χ3n) is 4.40. The van der Waals surface area contributed by atoms with E-state index in [-0.39, 0.29) is 11.4 Å². The molecule has 0 radical (unpaired) electrons. The molecule has 0 aliphatic heterocycles. The summed E-state index contributed by atoms with van der Waals surface area (Å²) in [7, 11) is 0. The molecule has 0 fully saturated rings. The SMILES string of the molecule is Cc1ccc(C(=O)Nc2ccc(Cl)c(-c3ncc(-c4ccccc4)[nH]3)c2)c(O)n1. The summed E-state index contributed by atoms with van der Waals surface area (Å²) in [6, 6.07) is 18.1. The van der Waals surface area contributed by atoms with E-state index < -0.39 is 5.91 Å². The number of amides is 1. The van der Waals surface area contributed by atoms with E-state index in [1.54, 1.807) is 37.4 Å². The van der Waals surface area contributed by atoms with Crippen LogP contribution in [0, 0.1) is 6.92 Å². The Morgan fingerprint density at radius 2 is 1.90 bits per heavy atom. The highest BCUT2D eigenvalue weighted by atomic mass is 35.5. The monoisotopic (exact) mass is 404 g/mol. The largest absolute Gasteiger partial charge is 0.493 e. The number of aromatic amines is 1. The molecule has 0 saturated carbocycles. The lowest BCUT2D eigenvalue weighted by atomic mass is 10.1. The van der Waals surface area contributed by atoms with E-state index in [0.29, 0.717) is 27.8 Å². The lowest BCUT2D eigenvalue weighted by Crippen LogP contribution is -2.12. The Morgan fingerprint density at radius 3 is 2.66 bits per heavy atom. The highest BCUT2D eigenvalue weighted by Gasteiger charge is 2.15. The normalized spacial score (nSPS) is 10.7. The molecule has 0 atom stereocenters. The van der Waals surface area contributed by atoms with Crippen LogP contribution in [-0.4, -0.2) is 26.0 Å². The first-order chi connectivity index (χ1) is 14.0. The smallest absolute Gasteiger partial charge is 0.261 e. The number of rotatable bonds is 4. The van der Waals surface area contributed by atoms with Crippen molar-refractivity contribution in [3.8, 4) is 28.5 Å². The van der Waals surface area contributed by atoms with Crippen LogP contribution in [0.25, 0.3) is 22.6 Å². The van der Waals surface area contributed by atoms with Crippen LogP contribution in [-0.2, 0) is 0 Å². The van der Waals surface area contributed by atoms with Gasteiger partial charge in [-0.05, 0) is 42.8 Å². The van der Waals surface area contributed by atoms with Crippen LogP contribution in [0.5, 0.6) is 5.88 Å². The number of benzene rings is 2. The number of aryl methyl sites for hydroxylation is 1. The Labute approximate surface area is 172 Å². The zero-order valence-electron chi connectivity index (χ0n) is 15.5. The number of anilines is 1. The lowest BCUT2D eigenvalue weighted by Gasteiger charge is -2.09. The molecule has 6 nitrogen and oxygen atoms in total. The van der Waals surface area contributed by atoms with Gasteiger partial charge in [0.05, 0.1) is 16.9 Å². The summed E-state index contributed by atoms with van der Waals surface area (Å²) < 4.78 is 0. The van der Waals surface area contributed by atoms with E-state index in [2.05, 4.69) is 20.3 Å². The van der Waals surface area contributed by atoms with Gasteiger partial charge in [0.2, 0.25) is 5.88 Å². The number of carbonyl (C=O) groups excluding carboxylic acids is 1. The van der Waals surface area contributed by atoms with Crippen molar-refractivity contribution >= 4 is 23.2 Å². The second-order valence-corrected chi connectivity index (χ2v) is 6.89. The van der Waals surface area contributed by atoms with Crippen LogP contribution in [0.15, 0.2) is 66.9 Å². The number of aromatic nitrogens is 3. The molecule has 0 spiro atoms. The topological polar surface area (TPSA) is 90.9 Å². The fraction of sp³-hybridized carbons (Fsp3) is 0.0455. The van der Waals surface area contributed by atoms with Crippen molar-refractivity contribution in [1.82, 2.24) is 15.0 Å². The number of H-pyrrole nitrogens is 1. The van der Waals surface area contributed by atoms with Crippen molar-refractivity contribution in [2.75, 3.05) is 5.32 Å². The van der Waals surface area contributed by atoms with Gasteiger partial charge in [-0.3, -0.25) is 4.79 Å². The van der Waals surface area contributed by atoms with Gasteiger partial charge in [0.1, 0.15) is 11.4 Å². The highest BCUT2D eigenvalue weighted by Crippen LogP contribution is 2.30. The first-order valence-electron chi connectivity index (χ1n) is 8.89. The highest BCUT2D eigenvalue weighted by molar-refractivity contribution is 6.33. The van der Waals surface area contributed by atoms with E-state index >= 15 is 0 Å². The van der Waals surface area contributed by atoms with Crippen LogP contribution in [0.1, 0.15) is 16.1 Å². The fourth-order valence-electron chi connectivity index (χ4n) is 2.93. The van der Waals surface area contributed by atoms with Crippen molar-refractivity contribution in [3.05, 3.63) is 83.1 Å². The molecular weight excluding hydrogens is 388 g/mol. The van der Waals surface area contributed by atoms with Gasteiger partial charge in [0, 0.05) is 16.9 Å². The van der Waals surface area contributed by atoms with Gasteiger partial charge in [0.25, 0.3) is 5.91 Å². The standard InChI is InChI=1S/C22H17ClN4O2/c1-13-7-9-16(21(28)25-13)22(29)26-15-8-10-18(23)17(11-15)20-24-12-19(27-20)14-5-3-2-4-6-14/h2-12H,1H3,(H,24,27)(H,25,28)(H,26,29). The summed E-state index contributed by atoms with van der Waals surface area (Å²) in [5.41, 5.74) is 3.76. The van der Waals surface area contributed by atoms with Gasteiger partial charge in [-0.2, -0.15) is 0 Å². The van der Waals surface area contributed by atoms with Gasteiger partial charge in [-0.1, -0.05) is 41.9 Å². The summed E-state index contributed by atoms with van der Waals surface area (Å²) in [6.07, 6.45) is 1.74. The quantitative estimate of drug-likeness (QED) is 0.443. The molecule has 0 aliphatic carbocycles. The van der Waals surface area contributed by atoms with E-state index in [1.165, 1.54) is 6.07 Å². The van der Waals surface area contributed by atoms with Crippen LogP contribution in [0.2, 0.25) is 5.02 Å². The second-order valence-electron chi connectivity index (χ2n) is 6.48. The average Bonchev–Trinajstić information content (AvgIpc) is 3.20. The van der Waals surface area contributed by atoms with Crippen LogP contribution < -0.4 is 5.32 Å². The average molecular weight is 405 g/mol. The molecule has 2 aromatic carbocycles. The van der Waals surface area contributed by atoms with Crippen LogP contribution in [0.3, 0.4) is 0 Å². The Hall–Kier alpha value is -3.64. The molecule has 2 aromatic heterocycles. The number of hydrogen-bond donors (Lipinski definition) is 3. The Bertz CT molecular complexity index is 1190. The predicted molar refractivity (Wildman–Crippen MR) is 113 cm³/mol. The molecule has 4 aromatic rings. The Balaban J connectivity index is 1.61. The van der Waals surface area contributed by atoms with Crippen molar-refractivity contribution in [2.45, 2.75) is 6.92 Å². The molecule has 0 unspecified atom stereocenters. The molecule has 2 heterocycles. The predicted octanol–water partition coefficient (Wildman–Crippen LogP) is 5.06. The minimum absolute atomic E-state index is 0.0939. The zero-order chi connectivity index (χ0) is 20.4. The van der Waals surface area contributed by atoms with Crippen molar-refractivity contribution in [3.63, 3.8) is 0 Å². The Morgan fingerprint density at radius 1 is 1.10 bits per heavy atom. The number of hydrogen-bond acceptors (Lipinski definition) is 4. The number of nitrogens with zero attached hydrogens (tertiary/aromatic N) is 2. The van der Waals surface area contributed by atoms with Gasteiger partial charge in [-0.25, -0.2) is 9.97 Å². The summed E-state index contributed by atoms with van der Waals surface area (Å²) in [6.45, 7) is 1.74. The summed E-state index contributed by atoms with van der Waals surface area (Å²) in [4.78, 5) is 24.1. The number of nitrogens with one attached hydrogen (secondary N) is 2. The van der Waals surface area contributed by atoms with E-state index in [4.69, 9.17) is 11.6 Å². The molecule has 0 saturated heterocycles. The number of pyridine rings is 1. The van der Waals surface area contributed by atoms with Gasteiger partial charge < -0.3 is 15.4 Å². The maximum atomic E-state index is 12.5. The second kappa shape index (κ2) is 7.77. The van der Waals surface area contributed by atoms with Crippen molar-refractivity contribution < 1.29 is 9.90 Å². The molecule has 144 valence electrons. The summed E-state index contributed by atoms with van der Waals surface area (Å²) in [5, 5.41) is 13.2. The minimum atomic E-state index is -0.465.